The number of carbonyl (C=O) groups is 2. The van der Waals surface area contributed by atoms with Gasteiger partial charge in [-0.2, -0.15) is 0 Å². The Morgan fingerprint density at radius 2 is 2.05 bits per heavy atom. The first-order valence-electron chi connectivity index (χ1n) is 6.39. The van der Waals surface area contributed by atoms with Gasteiger partial charge in [0.1, 0.15) is 5.75 Å². The molecule has 1 aromatic rings. The van der Waals surface area contributed by atoms with E-state index >= 15 is 0 Å². The highest BCUT2D eigenvalue weighted by Gasteiger charge is 2.33. The van der Waals surface area contributed by atoms with Gasteiger partial charge in [-0.25, -0.2) is 9.59 Å². The van der Waals surface area contributed by atoms with Crippen LogP contribution >= 0.6 is 11.6 Å². The Kier molecular flexibility index (Phi) is 4.70. The van der Waals surface area contributed by atoms with Gasteiger partial charge in [-0.3, -0.25) is 0 Å². The molecule has 0 bridgehead atoms. The normalized spacial score (nSPS) is 18.0. The number of urea groups is 1. The first kappa shape index (κ1) is 15.2. The molecule has 0 radical (unpaired) electrons. The van der Waals surface area contributed by atoms with Crippen molar-refractivity contribution in [2.45, 2.75) is 13.0 Å². The van der Waals surface area contributed by atoms with Crippen molar-refractivity contribution >= 4 is 23.6 Å². The topological polar surface area (TPSA) is 87.7 Å². The molecule has 3 N–H and O–H groups in total. The third-order valence-electron chi connectivity index (χ3n) is 3.01. The van der Waals surface area contributed by atoms with Crippen LogP contribution in [0.3, 0.4) is 0 Å². The fourth-order valence-electron chi connectivity index (χ4n) is 2.09. The van der Waals surface area contributed by atoms with Gasteiger partial charge in [-0.1, -0.05) is 12.1 Å². The van der Waals surface area contributed by atoms with Gasteiger partial charge in [-0.15, -0.1) is 11.6 Å². The first-order chi connectivity index (χ1) is 10.1. The Bertz CT molecular complexity index is 583. The molecule has 1 unspecified atom stereocenters. The van der Waals surface area contributed by atoms with Crippen LogP contribution in [0, 0.1) is 0 Å². The van der Waals surface area contributed by atoms with Crippen LogP contribution in [0.5, 0.6) is 5.75 Å². The zero-order valence-electron chi connectivity index (χ0n) is 11.4. The maximum Gasteiger partial charge on any atom is 0.338 e. The maximum absolute atomic E-state index is 12.1. The lowest BCUT2D eigenvalue weighted by atomic mass is 9.95. The van der Waals surface area contributed by atoms with Crippen LogP contribution in [-0.2, 0) is 9.53 Å². The predicted molar refractivity (Wildman–Crippen MR) is 76.9 cm³/mol. The number of benzene rings is 1. The molecule has 2 rings (SSSR count). The Hall–Kier alpha value is -2.21. The van der Waals surface area contributed by atoms with E-state index in [1.165, 1.54) is 12.1 Å². The third kappa shape index (κ3) is 3.28. The van der Waals surface area contributed by atoms with Crippen molar-refractivity contribution in [3.8, 4) is 5.75 Å². The van der Waals surface area contributed by atoms with E-state index in [0.717, 1.165) is 0 Å². The number of nitrogens with one attached hydrogen (secondary N) is 2. The van der Waals surface area contributed by atoms with E-state index in [4.69, 9.17) is 16.3 Å². The second-order valence-electron chi connectivity index (χ2n) is 4.37. The number of carbonyl (C=O) groups excluding carboxylic acids is 2. The third-order valence-corrected chi connectivity index (χ3v) is 3.28. The van der Waals surface area contributed by atoms with Gasteiger partial charge in [0.15, 0.2) is 0 Å². The Balaban J connectivity index is 2.46. The summed E-state index contributed by atoms with van der Waals surface area (Å²) in [5.74, 6) is -0.465. The van der Waals surface area contributed by atoms with Gasteiger partial charge >= 0.3 is 12.0 Å². The summed E-state index contributed by atoms with van der Waals surface area (Å²) in [5.41, 5.74) is 1.22. The average molecular weight is 311 g/mol. The monoisotopic (exact) mass is 310 g/mol. The lowest BCUT2D eigenvalue weighted by Gasteiger charge is -2.28. The summed E-state index contributed by atoms with van der Waals surface area (Å²) in [5, 5.41) is 14.5. The molecule has 0 saturated carbocycles. The summed E-state index contributed by atoms with van der Waals surface area (Å²) in [6, 6.07) is 5.08. The summed E-state index contributed by atoms with van der Waals surface area (Å²) in [4.78, 5) is 23.8. The predicted octanol–water partition coefficient (Wildman–Crippen LogP) is 1.80. The zero-order chi connectivity index (χ0) is 15.4. The van der Waals surface area contributed by atoms with E-state index in [9.17, 15) is 14.7 Å². The van der Waals surface area contributed by atoms with Crippen LogP contribution in [0.2, 0.25) is 0 Å². The summed E-state index contributed by atoms with van der Waals surface area (Å²) < 4.78 is 5.03. The average Bonchev–Trinajstić information content (AvgIpc) is 2.47. The standard InChI is InChI=1S/C14H15ClN2O4/c1-2-21-13(19)11-10(7-15)16-14(20)17-12(11)8-3-5-9(18)6-4-8/h3-6,12,18H,2,7H2,1H3,(H2,16,17,20). The molecule has 1 aromatic carbocycles. The minimum absolute atomic E-state index is 0.0177. The molecule has 1 heterocycles. The molecular formula is C14H15ClN2O4. The van der Waals surface area contributed by atoms with E-state index in [0.29, 0.717) is 11.3 Å². The van der Waals surface area contributed by atoms with E-state index in [-0.39, 0.29) is 23.8 Å². The van der Waals surface area contributed by atoms with Crippen molar-refractivity contribution in [1.82, 2.24) is 10.6 Å². The number of rotatable bonds is 4. The molecule has 2 amide bonds. The molecule has 1 aliphatic heterocycles. The number of aromatic hydroxyl groups is 1. The number of halogens is 1. The number of esters is 1. The maximum atomic E-state index is 12.1. The number of phenolic OH excluding ortho intramolecular Hbond substituents is 1. The van der Waals surface area contributed by atoms with Crippen molar-refractivity contribution in [2.75, 3.05) is 12.5 Å². The van der Waals surface area contributed by atoms with Crippen molar-refractivity contribution in [3.05, 3.63) is 41.1 Å². The van der Waals surface area contributed by atoms with Gasteiger partial charge in [-0.05, 0) is 24.6 Å². The smallest absolute Gasteiger partial charge is 0.338 e. The Morgan fingerprint density at radius 3 is 2.62 bits per heavy atom. The van der Waals surface area contributed by atoms with Crippen LogP contribution in [0.25, 0.3) is 0 Å². The number of alkyl halides is 1. The summed E-state index contributed by atoms with van der Waals surface area (Å²) >= 11 is 5.81. The second kappa shape index (κ2) is 6.49. The Morgan fingerprint density at radius 1 is 1.38 bits per heavy atom. The van der Waals surface area contributed by atoms with Crippen molar-refractivity contribution < 1.29 is 19.4 Å². The molecule has 6 nitrogen and oxygen atoms in total. The lowest BCUT2D eigenvalue weighted by Crippen LogP contribution is -2.46. The van der Waals surface area contributed by atoms with Gasteiger partial charge in [0.25, 0.3) is 0 Å². The number of hydrogen-bond acceptors (Lipinski definition) is 4. The quantitative estimate of drug-likeness (QED) is 0.584. The first-order valence-corrected chi connectivity index (χ1v) is 6.92. The minimum Gasteiger partial charge on any atom is -0.508 e. The highest BCUT2D eigenvalue weighted by Crippen LogP contribution is 2.29. The van der Waals surface area contributed by atoms with E-state index < -0.39 is 18.0 Å². The van der Waals surface area contributed by atoms with Gasteiger partial charge in [0, 0.05) is 5.70 Å². The molecule has 21 heavy (non-hydrogen) atoms. The number of amides is 2. The van der Waals surface area contributed by atoms with Crippen LogP contribution < -0.4 is 10.6 Å². The van der Waals surface area contributed by atoms with Crippen LogP contribution in [0.1, 0.15) is 18.5 Å². The number of allylic oxidation sites excluding steroid dienone is 1. The fraction of sp³-hybridized carbons (Fsp3) is 0.286. The molecule has 0 fully saturated rings. The SMILES string of the molecule is CCOC(=O)C1=C(CCl)NC(=O)NC1c1ccc(O)cc1. The van der Waals surface area contributed by atoms with Crippen LogP contribution in [0.4, 0.5) is 4.79 Å². The second-order valence-corrected chi connectivity index (χ2v) is 4.64. The van der Waals surface area contributed by atoms with E-state index in [1.807, 2.05) is 0 Å². The molecule has 0 aromatic heterocycles. The van der Waals surface area contributed by atoms with Crippen molar-refractivity contribution in [1.29, 1.82) is 0 Å². The highest BCUT2D eigenvalue weighted by atomic mass is 35.5. The molecule has 1 atom stereocenters. The van der Waals surface area contributed by atoms with Crippen molar-refractivity contribution in [2.24, 2.45) is 0 Å². The summed E-state index contributed by atoms with van der Waals surface area (Å²) in [6.07, 6.45) is 0. The van der Waals surface area contributed by atoms with Crippen LogP contribution in [0.15, 0.2) is 35.5 Å². The number of hydrogen-bond donors (Lipinski definition) is 3. The molecular weight excluding hydrogens is 296 g/mol. The summed E-state index contributed by atoms with van der Waals surface area (Å²) in [6.45, 7) is 1.91. The number of phenols is 1. The van der Waals surface area contributed by atoms with E-state index in [1.54, 1.807) is 19.1 Å². The molecule has 0 spiro atoms. The van der Waals surface area contributed by atoms with Crippen molar-refractivity contribution in [3.63, 3.8) is 0 Å². The highest BCUT2D eigenvalue weighted by molar-refractivity contribution is 6.20. The van der Waals surface area contributed by atoms with Gasteiger partial charge < -0.3 is 20.5 Å². The fourth-order valence-corrected chi connectivity index (χ4v) is 2.30. The number of ether oxygens (including phenoxy) is 1. The molecule has 1 aliphatic rings. The van der Waals surface area contributed by atoms with Gasteiger partial charge in [0.05, 0.1) is 24.1 Å². The summed E-state index contributed by atoms with van der Waals surface area (Å²) in [7, 11) is 0. The van der Waals surface area contributed by atoms with E-state index in [2.05, 4.69) is 10.6 Å². The van der Waals surface area contributed by atoms with Gasteiger partial charge in [0.2, 0.25) is 0 Å². The molecule has 7 heteroatoms. The Labute approximate surface area is 126 Å². The lowest BCUT2D eigenvalue weighted by molar-refractivity contribution is -0.139. The van der Waals surface area contributed by atoms with Crippen LogP contribution in [-0.4, -0.2) is 29.6 Å². The molecule has 0 saturated heterocycles. The minimum atomic E-state index is -0.674. The molecule has 112 valence electrons. The largest absolute Gasteiger partial charge is 0.508 e. The zero-order valence-corrected chi connectivity index (χ0v) is 12.1. The molecule has 0 aliphatic carbocycles.